The van der Waals surface area contributed by atoms with Crippen LogP contribution in [0, 0.1) is 23.4 Å². The van der Waals surface area contributed by atoms with Crippen LogP contribution in [0.3, 0.4) is 0 Å². The topological polar surface area (TPSA) is 49.4 Å². The van der Waals surface area contributed by atoms with Gasteiger partial charge in [-0.25, -0.2) is 13.2 Å². The first-order chi connectivity index (χ1) is 13.3. The number of likely N-dealkylation sites (tertiary alicyclic amines) is 1. The lowest BCUT2D eigenvalue weighted by molar-refractivity contribution is -0.127. The number of piperidine rings is 1. The molecule has 0 aromatic heterocycles. The van der Waals surface area contributed by atoms with Crippen LogP contribution in [-0.4, -0.2) is 29.8 Å². The first-order valence-electron chi connectivity index (χ1n) is 9.15. The molecule has 0 saturated carbocycles. The second-order valence-electron chi connectivity index (χ2n) is 7.00. The Bertz CT molecular complexity index is 870. The molecule has 1 N–H and O–H groups in total. The minimum absolute atomic E-state index is 0.242. The summed E-state index contributed by atoms with van der Waals surface area (Å²) in [4.78, 5) is 26.8. The Kier molecular flexibility index (Phi) is 6.02. The Hall–Kier alpha value is -2.83. The summed E-state index contributed by atoms with van der Waals surface area (Å²) in [6.45, 7) is 2.47. The molecule has 28 heavy (non-hydrogen) atoms. The van der Waals surface area contributed by atoms with Crippen LogP contribution in [0.5, 0.6) is 0 Å². The minimum atomic E-state index is -0.965. The summed E-state index contributed by atoms with van der Waals surface area (Å²) in [5.74, 6) is -3.21. The minimum Gasteiger partial charge on any atom is -0.349 e. The number of carbonyl (C=O) groups excluding carboxylic acids is 2. The van der Waals surface area contributed by atoms with E-state index in [1.165, 1.54) is 30.3 Å². The summed E-state index contributed by atoms with van der Waals surface area (Å²) < 4.78 is 39.5. The van der Waals surface area contributed by atoms with Gasteiger partial charge in [0.05, 0.1) is 12.0 Å². The van der Waals surface area contributed by atoms with Crippen molar-refractivity contribution in [1.82, 2.24) is 10.2 Å². The number of hydrogen-bond donors (Lipinski definition) is 1. The Labute approximate surface area is 161 Å². The fourth-order valence-electron chi connectivity index (χ4n) is 3.35. The number of rotatable bonds is 4. The lowest BCUT2D eigenvalue weighted by Gasteiger charge is -2.32. The second kappa shape index (κ2) is 8.46. The zero-order chi connectivity index (χ0) is 20.3. The molecular weight excluding hydrogens is 369 g/mol. The van der Waals surface area contributed by atoms with E-state index in [-0.39, 0.29) is 18.4 Å². The summed E-state index contributed by atoms with van der Waals surface area (Å²) in [6, 6.07) is 8.32. The summed E-state index contributed by atoms with van der Waals surface area (Å²) >= 11 is 0. The predicted octanol–water partition coefficient (Wildman–Crippen LogP) is 3.83. The van der Waals surface area contributed by atoms with Crippen molar-refractivity contribution in [2.45, 2.75) is 25.8 Å². The van der Waals surface area contributed by atoms with Crippen LogP contribution in [0.1, 0.15) is 41.7 Å². The molecule has 1 saturated heterocycles. The van der Waals surface area contributed by atoms with Gasteiger partial charge in [0.25, 0.3) is 5.91 Å². The van der Waals surface area contributed by atoms with Gasteiger partial charge in [0.15, 0.2) is 11.6 Å². The maximum atomic E-state index is 13.4. The number of nitrogens with one attached hydrogen (secondary N) is 1. The van der Waals surface area contributed by atoms with Crippen molar-refractivity contribution in [1.29, 1.82) is 0 Å². The fourth-order valence-corrected chi connectivity index (χ4v) is 3.35. The zero-order valence-corrected chi connectivity index (χ0v) is 15.4. The third-order valence-corrected chi connectivity index (χ3v) is 4.97. The average Bonchev–Trinajstić information content (AvgIpc) is 2.70. The van der Waals surface area contributed by atoms with Gasteiger partial charge in [0, 0.05) is 18.7 Å². The molecule has 2 amide bonds. The highest BCUT2D eigenvalue weighted by Gasteiger charge is 2.29. The molecule has 1 heterocycles. The van der Waals surface area contributed by atoms with Crippen LogP contribution in [0.4, 0.5) is 13.2 Å². The average molecular weight is 390 g/mol. The summed E-state index contributed by atoms with van der Waals surface area (Å²) in [6.07, 6.45) is 1.30. The largest absolute Gasteiger partial charge is 0.349 e. The Morgan fingerprint density at radius 2 is 1.79 bits per heavy atom. The molecule has 2 aromatic carbocycles. The summed E-state index contributed by atoms with van der Waals surface area (Å²) in [7, 11) is 0. The maximum Gasteiger partial charge on any atom is 0.253 e. The number of carbonyl (C=O) groups is 2. The van der Waals surface area contributed by atoms with Crippen molar-refractivity contribution >= 4 is 11.8 Å². The number of benzene rings is 2. The van der Waals surface area contributed by atoms with Crippen molar-refractivity contribution in [2.75, 3.05) is 13.1 Å². The molecule has 1 fully saturated rings. The van der Waals surface area contributed by atoms with Gasteiger partial charge in [-0.1, -0.05) is 6.07 Å². The monoisotopic (exact) mass is 390 g/mol. The standard InChI is InChI=1S/C21H21F3N2O2/c1-13(15-6-9-18(23)19(24)11-15)25-20(27)16-3-2-10-26(12-16)21(28)14-4-7-17(22)8-5-14/h4-9,11,13,16H,2-3,10,12H2,1H3,(H,25,27). The van der Waals surface area contributed by atoms with Crippen molar-refractivity contribution in [3.8, 4) is 0 Å². The van der Waals surface area contributed by atoms with Crippen LogP contribution >= 0.6 is 0 Å². The summed E-state index contributed by atoms with van der Waals surface area (Å²) in [5, 5.41) is 2.80. The highest BCUT2D eigenvalue weighted by atomic mass is 19.2. The number of hydrogen-bond acceptors (Lipinski definition) is 2. The third kappa shape index (κ3) is 4.52. The molecule has 0 radical (unpaired) electrons. The van der Waals surface area contributed by atoms with E-state index in [2.05, 4.69) is 5.32 Å². The van der Waals surface area contributed by atoms with E-state index in [1.54, 1.807) is 11.8 Å². The van der Waals surface area contributed by atoms with Crippen LogP contribution in [-0.2, 0) is 4.79 Å². The molecule has 0 aliphatic carbocycles. The molecule has 7 heteroatoms. The van der Waals surface area contributed by atoms with E-state index < -0.39 is 29.4 Å². The number of halogens is 3. The van der Waals surface area contributed by atoms with Gasteiger partial charge in [0.2, 0.25) is 5.91 Å². The molecule has 1 aliphatic rings. The Morgan fingerprint density at radius 3 is 2.46 bits per heavy atom. The van der Waals surface area contributed by atoms with E-state index in [1.807, 2.05) is 0 Å². The molecule has 1 aliphatic heterocycles. The van der Waals surface area contributed by atoms with E-state index in [0.29, 0.717) is 30.5 Å². The zero-order valence-electron chi connectivity index (χ0n) is 15.4. The molecule has 3 rings (SSSR count). The predicted molar refractivity (Wildman–Crippen MR) is 97.9 cm³/mol. The number of amides is 2. The fraction of sp³-hybridized carbons (Fsp3) is 0.333. The highest BCUT2D eigenvalue weighted by Crippen LogP contribution is 2.21. The van der Waals surface area contributed by atoms with Crippen LogP contribution in [0.25, 0.3) is 0 Å². The first-order valence-corrected chi connectivity index (χ1v) is 9.15. The van der Waals surface area contributed by atoms with E-state index in [4.69, 9.17) is 0 Å². The van der Waals surface area contributed by atoms with Crippen LogP contribution in [0.15, 0.2) is 42.5 Å². The van der Waals surface area contributed by atoms with Gasteiger partial charge in [-0.15, -0.1) is 0 Å². The molecular formula is C21H21F3N2O2. The van der Waals surface area contributed by atoms with E-state index >= 15 is 0 Å². The smallest absolute Gasteiger partial charge is 0.253 e. The normalized spacial score (nSPS) is 17.9. The molecule has 148 valence electrons. The lowest BCUT2D eigenvalue weighted by Crippen LogP contribution is -2.45. The van der Waals surface area contributed by atoms with Crippen LogP contribution in [0.2, 0.25) is 0 Å². The van der Waals surface area contributed by atoms with Gasteiger partial charge < -0.3 is 10.2 Å². The molecule has 2 unspecified atom stereocenters. The Morgan fingerprint density at radius 1 is 1.07 bits per heavy atom. The second-order valence-corrected chi connectivity index (χ2v) is 7.00. The lowest BCUT2D eigenvalue weighted by atomic mass is 9.95. The van der Waals surface area contributed by atoms with Gasteiger partial charge in [-0.05, 0) is 61.7 Å². The molecule has 2 aromatic rings. The molecule has 0 spiro atoms. The first kappa shape index (κ1) is 19.9. The van der Waals surface area contributed by atoms with E-state index in [9.17, 15) is 22.8 Å². The highest BCUT2D eigenvalue weighted by molar-refractivity contribution is 5.94. The van der Waals surface area contributed by atoms with Gasteiger partial charge in [0.1, 0.15) is 5.82 Å². The van der Waals surface area contributed by atoms with Gasteiger partial charge in [-0.2, -0.15) is 0 Å². The SMILES string of the molecule is CC(NC(=O)C1CCCN(C(=O)c2ccc(F)cc2)C1)c1ccc(F)c(F)c1. The summed E-state index contributed by atoms with van der Waals surface area (Å²) in [5.41, 5.74) is 0.833. The van der Waals surface area contributed by atoms with Crippen LogP contribution < -0.4 is 5.32 Å². The Balaban J connectivity index is 1.62. The molecule has 4 nitrogen and oxygen atoms in total. The van der Waals surface area contributed by atoms with Crippen molar-refractivity contribution < 1.29 is 22.8 Å². The van der Waals surface area contributed by atoms with Crippen molar-refractivity contribution in [2.24, 2.45) is 5.92 Å². The number of nitrogens with zero attached hydrogens (tertiary/aromatic N) is 1. The molecule has 2 atom stereocenters. The van der Waals surface area contributed by atoms with Crippen molar-refractivity contribution in [3.63, 3.8) is 0 Å². The maximum absolute atomic E-state index is 13.4. The van der Waals surface area contributed by atoms with Gasteiger partial charge in [-0.3, -0.25) is 9.59 Å². The third-order valence-electron chi connectivity index (χ3n) is 4.97. The molecule has 0 bridgehead atoms. The van der Waals surface area contributed by atoms with E-state index in [0.717, 1.165) is 12.1 Å². The van der Waals surface area contributed by atoms with Crippen molar-refractivity contribution in [3.05, 3.63) is 71.0 Å². The van der Waals surface area contributed by atoms with Gasteiger partial charge >= 0.3 is 0 Å². The quantitative estimate of drug-likeness (QED) is 0.863.